The number of aromatic nitrogens is 1. The van der Waals surface area contributed by atoms with Crippen LogP contribution in [0.15, 0.2) is 35.1 Å². The highest BCUT2D eigenvalue weighted by molar-refractivity contribution is 5.94. The number of carbonyl (C=O) groups excluding carboxylic acids is 1. The molecule has 1 aromatic heterocycles. The van der Waals surface area contributed by atoms with Gasteiger partial charge in [-0.05, 0) is 18.2 Å². The fourth-order valence-corrected chi connectivity index (χ4v) is 1.38. The van der Waals surface area contributed by atoms with Gasteiger partial charge in [0.2, 0.25) is 5.91 Å². The minimum absolute atomic E-state index is 0.404. The van der Waals surface area contributed by atoms with Crippen LogP contribution in [-0.4, -0.2) is 11.1 Å². The molecule has 0 saturated heterocycles. The predicted molar refractivity (Wildman–Crippen MR) is 63.2 cm³/mol. The summed E-state index contributed by atoms with van der Waals surface area (Å²) < 4.78 is 4.70. The fourth-order valence-electron chi connectivity index (χ4n) is 1.38. The topological polar surface area (TPSA) is 107 Å². The maximum absolute atomic E-state index is 11.0. The van der Waals surface area contributed by atoms with E-state index in [1.165, 1.54) is 6.26 Å². The molecular formula is C11H12N4O2. The molecular weight excluding hydrogens is 220 g/mol. The van der Waals surface area contributed by atoms with E-state index in [-0.39, 0.29) is 0 Å². The number of amides is 1. The minimum atomic E-state index is -0.491. The normalized spacial score (nSPS) is 10.1. The second-order valence-electron chi connectivity index (χ2n) is 3.51. The Balaban J connectivity index is 2.14. The van der Waals surface area contributed by atoms with Crippen molar-refractivity contribution in [1.82, 2.24) is 5.16 Å². The number of primary amides is 1. The quantitative estimate of drug-likeness (QED) is 0.681. The van der Waals surface area contributed by atoms with Crippen molar-refractivity contribution in [3.8, 4) is 0 Å². The molecule has 0 aliphatic heterocycles. The zero-order valence-electron chi connectivity index (χ0n) is 9.01. The van der Waals surface area contributed by atoms with Crippen LogP contribution < -0.4 is 16.8 Å². The Bertz CT molecular complexity index is 522. The summed E-state index contributed by atoms with van der Waals surface area (Å²) in [5.74, 6) is -0.491. The largest absolute Gasteiger partial charge is 0.397 e. The molecule has 0 aliphatic rings. The molecule has 1 amide bonds. The van der Waals surface area contributed by atoms with Crippen LogP contribution in [0.2, 0.25) is 0 Å². The standard InChI is InChI=1S/C11H12N4O2/c12-9-2-1-7(11(13)16)5-10(9)14-6-8-3-4-17-15-8/h1-5,14H,6,12H2,(H2,13,16). The Morgan fingerprint density at radius 1 is 1.41 bits per heavy atom. The summed E-state index contributed by atoms with van der Waals surface area (Å²) in [7, 11) is 0. The van der Waals surface area contributed by atoms with Gasteiger partial charge >= 0.3 is 0 Å². The summed E-state index contributed by atoms with van der Waals surface area (Å²) >= 11 is 0. The van der Waals surface area contributed by atoms with E-state index >= 15 is 0 Å². The summed E-state index contributed by atoms with van der Waals surface area (Å²) in [4.78, 5) is 11.0. The minimum Gasteiger partial charge on any atom is -0.397 e. The molecule has 0 saturated carbocycles. The maximum Gasteiger partial charge on any atom is 0.248 e. The Kier molecular flexibility index (Phi) is 2.95. The van der Waals surface area contributed by atoms with Gasteiger partial charge in [0, 0.05) is 11.6 Å². The van der Waals surface area contributed by atoms with Crippen molar-refractivity contribution in [2.75, 3.05) is 11.1 Å². The first kappa shape index (κ1) is 11.0. The average molecular weight is 232 g/mol. The summed E-state index contributed by atoms with van der Waals surface area (Å²) in [5, 5.41) is 6.80. The highest BCUT2D eigenvalue weighted by Gasteiger charge is 2.05. The molecule has 0 unspecified atom stereocenters. The first-order valence-corrected chi connectivity index (χ1v) is 4.99. The van der Waals surface area contributed by atoms with Crippen molar-refractivity contribution < 1.29 is 9.32 Å². The second kappa shape index (κ2) is 4.56. The van der Waals surface area contributed by atoms with Crippen molar-refractivity contribution in [2.45, 2.75) is 6.54 Å². The number of nitrogens with two attached hydrogens (primary N) is 2. The number of hydrogen-bond donors (Lipinski definition) is 3. The molecule has 0 fully saturated rings. The zero-order chi connectivity index (χ0) is 12.3. The molecule has 17 heavy (non-hydrogen) atoms. The monoisotopic (exact) mass is 232 g/mol. The average Bonchev–Trinajstić information content (AvgIpc) is 2.80. The summed E-state index contributed by atoms with van der Waals surface area (Å²) in [6.07, 6.45) is 1.49. The summed E-state index contributed by atoms with van der Waals surface area (Å²) in [6.45, 7) is 0.461. The Morgan fingerprint density at radius 2 is 2.24 bits per heavy atom. The first-order chi connectivity index (χ1) is 8.16. The number of nitrogen functional groups attached to an aromatic ring is 1. The SMILES string of the molecule is NC(=O)c1ccc(N)c(NCc2ccon2)c1. The van der Waals surface area contributed by atoms with E-state index < -0.39 is 5.91 Å². The molecule has 88 valence electrons. The highest BCUT2D eigenvalue weighted by atomic mass is 16.5. The number of nitrogens with zero attached hydrogens (tertiary/aromatic N) is 1. The van der Waals surface area contributed by atoms with Gasteiger partial charge in [-0.2, -0.15) is 0 Å². The number of carbonyl (C=O) groups is 1. The molecule has 0 atom stereocenters. The van der Waals surface area contributed by atoms with E-state index in [1.54, 1.807) is 24.3 Å². The molecule has 6 heteroatoms. The lowest BCUT2D eigenvalue weighted by atomic mass is 10.1. The molecule has 1 aromatic carbocycles. The second-order valence-corrected chi connectivity index (χ2v) is 3.51. The third-order valence-corrected chi connectivity index (χ3v) is 2.29. The van der Waals surface area contributed by atoms with Crippen molar-refractivity contribution in [1.29, 1.82) is 0 Å². The number of benzene rings is 1. The molecule has 0 aliphatic carbocycles. The number of rotatable bonds is 4. The van der Waals surface area contributed by atoms with Crippen LogP contribution in [0.4, 0.5) is 11.4 Å². The fraction of sp³-hybridized carbons (Fsp3) is 0.0909. The molecule has 1 heterocycles. The van der Waals surface area contributed by atoms with E-state index in [0.717, 1.165) is 5.69 Å². The third kappa shape index (κ3) is 2.54. The van der Waals surface area contributed by atoms with E-state index in [2.05, 4.69) is 10.5 Å². The number of hydrogen-bond acceptors (Lipinski definition) is 5. The van der Waals surface area contributed by atoms with Crippen molar-refractivity contribution in [2.24, 2.45) is 5.73 Å². The Labute approximate surface area is 97.6 Å². The van der Waals surface area contributed by atoms with Crippen LogP contribution >= 0.6 is 0 Å². The Hall–Kier alpha value is -2.50. The van der Waals surface area contributed by atoms with E-state index in [9.17, 15) is 4.79 Å². The highest BCUT2D eigenvalue weighted by Crippen LogP contribution is 2.20. The van der Waals surface area contributed by atoms with Gasteiger partial charge in [-0.25, -0.2) is 0 Å². The lowest BCUT2D eigenvalue weighted by molar-refractivity contribution is 0.100. The van der Waals surface area contributed by atoms with E-state index in [0.29, 0.717) is 23.5 Å². The lowest BCUT2D eigenvalue weighted by Crippen LogP contribution is -2.12. The molecule has 2 aromatic rings. The third-order valence-electron chi connectivity index (χ3n) is 2.29. The van der Waals surface area contributed by atoms with Crippen LogP contribution in [0.3, 0.4) is 0 Å². The van der Waals surface area contributed by atoms with Crippen molar-refractivity contribution in [3.63, 3.8) is 0 Å². The van der Waals surface area contributed by atoms with Crippen molar-refractivity contribution >= 4 is 17.3 Å². The number of nitrogens with one attached hydrogen (secondary N) is 1. The summed E-state index contributed by atoms with van der Waals surface area (Å²) in [5.41, 5.74) is 13.3. The smallest absolute Gasteiger partial charge is 0.248 e. The van der Waals surface area contributed by atoms with Gasteiger partial charge in [0.05, 0.1) is 17.9 Å². The Morgan fingerprint density at radius 3 is 2.88 bits per heavy atom. The van der Waals surface area contributed by atoms with Gasteiger partial charge in [-0.1, -0.05) is 5.16 Å². The zero-order valence-corrected chi connectivity index (χ0v) is 9.01. The molecule has 5 N–H and O–H groups in total. The van der Waals surface area contributed by atoms with Gasteiger partial charge in [0.1, 0.15) is 12.0 Å². The lowest BCUT2D eigenvalue weighted by Gasteiger charge is -2.08. The summed E-state index contributed by atoms with van der Waals surface area (Å²) in [6, 6.07) is 6.56. The number of anilines is 2. The van der Waals surface area contributed by atoms with Crippen LogP contribution in [0.5, 0.6) is 0 Å². The molecule has 2 rings (SSSR count). The molecule has 0 bridgehead atoms. The van der Waals surface area contributed by atoms with Crippen molar-refractivity contribution in [3.05, 3.63) is 41.8 Å². The molecule has 6 nitrogen and oxygen atoms in total. The van der Waals surface area contributed by atoms with Crippen LogP contribution in [0.25, 0.3) is 0 Å². The molecule has 0 spiro atoms. The van der Waals surface area contributed by atoms with Gasteiger partial charge in [-0.15, -0.1) is 0 Å². The van der Waals surface area contributed by atoms with Crippen LogP contribution in [0.1, 0.15) is 16.1 Å². The van der Waals surface area contributed by atoms with Crippen LogP contribution in [0, 0.1) is 0 Å². The van der Waals surface area contributed by atoms with Gasteiger partial charge in [-0.3, -0.25) is 4.79 Å². The van der Waals surface area contributed by atoms with E-state index in [4.69, 9.17) is 16.0 Å². The predicted octanol–water partition coefficient (Wildman–Crippen LogP) is 0.968. The first-order valence-electron chi connectivity index (χ1n) is 4.99. The van der Waals surface area contributed by atoms with Crippen LogP contribution in [-0.2, 0) is 6.54 Å². The van der Waals surface area contributed by atoms with Gasteiger partial charge in [0.25, 0.3) is 0 Å². The van der Waals surface area contributed by atoms with Gasteiger partial charge in [0.15, 0.2) is 0 Å². The molecule has 0 radical (unpaired) electrons. The maximum atomic E-state index is 11.0. The van der Waals surface area contributed by atoms with E-state index in [1.807, 2.05) is 0 Å². The van der Waals surface area contributed by atoms with Gasteiger partial charge < -0.3 is 21.3 Å².